The molecule has 1 aromatic rings. The normalized spacial score (nSPS) is 10.0. The fraction of sp³-hybridized carbons (Fsp3) is 0.300. The van der Waals surface area contributed by atoms with Crippen molar-refractivity contribution in [3.63, 3.8) is 0 Å². The number of hydrogen-bond acceptors (Lipinski definition) is 3. The Hall–Kier alpha value is -1.07. The van der Waals surface area contributed by atoms with Gasteiger partial charge < -0.3 is 16.8 Å². The van der Waals surface area contributed by atoms with Gasteiger partial charge >= 0.3 is 0 Å². The molecule has 15 heavy (non-hydrogen) atoms. The molecule has 0 saturated carbocycles. The predicted octanol–water partition coefficient (Wildman–Crippen LogP) is 1.31. The van der Waals surface area contributed by atoms with Gasteiger partial charge in [-0.2, -0.15) is 0 Å². The quantitative estimate of drug-likeness (QED) is 0.707. The number of amides is 1. The molecule has 0 fully saturated rings. The van der Waals surface area contributed by atoms with Gasteiger partial charge in [-0.3, -0.25) is 4.79 Å². The molecule has 0 aliphatic carbocycles. The van der Waals surface area contributed by atoms with Crippen LogP contribution in [-0.2, 0) is 0 Å². The zero-order valence-corrected chi connectivity index (χ0v) is 9.88. The molecule has 0 saturated heterocycles. The van der Waals surface area contributed by atoms with Gasteiger partial charge in [0.1, 0.15) is 0 Å². The fourth-order valence-corrected chi connectivity index (χ4v) is 1.56. The molecule has 82 valence electrons. The lowest BCUT2D eigenvalue weighted by Crippen LogP contribution is -2.16. The zero-order valence-electron chi connectivity index (χ0n) is 8.29. The van der Waals surface area contributed by atoms with E-state index in [2.05, 4.69) is 21.2 Å². The summed E-state index contributed by atoms with van der Waals surface area (Å²) in [6, 6.07) is 5.38. The lowest BCUT2D eigenvalue weighted by molar-refractivity contribution is 0.100. The van der Waals surface area contributed by atoms with Crippen molar-refractivity contribution < 1.29 is 4.79 Å². The number of nitrogens with two attached hydrogens (primary N) is 2. The van der Waals surface area contributed by atoms with E-state index in [4.69, 9.17) is 11.5 Å². The van der Waals surface area contributed by atoms with Crippen molar-refractivity contribution in [2.45, 2.75) is 6.42 Å². The van der Waals surface area contributed by atoms with Gasteiger partial charge in [0.15, 0.2) is 0 Å². The van der Waals surface area contributed by atoms with Gasteiger partial charge in [0, 0.05) is 16.7 Å². The maximum absolute atomic E-state index is 11.1. The minimum Gasteiger partial charge on any atom is -0.384 e. The average molecular weight is 272 g/mol. The summed E-state index contributed by atoms with van der Waals surface area (Å²) >= 11 is 3.29. The molecule has 0 aliphatic rings. The van der Waals surface area contributed by atoms with Gasteiger partial charge in [0.2, 0.25) is 0 Å². The molecule has 1 aromatic carbocycles. The van der Waals surface area contributed by atoms with Crippen LogP contribution in [0.2, 0.25) is 0 Å². The molecule has 0 spiro atoms. The first-order valence-electron chi connectivity index (χ1n) is 4.68. The Morgan fingerprint density at radius 1 is 1.47 bits per heavy atom. The number of rotatable bonds is 5. The summed E-state index contributed by atoms with van der Waals surface area (Å²) < 4.78 is 0.834. The first-order chi connectivity index (χ1) is 7.15. The standard InChI is InChI=1S/C10H14BrN3O/c11-7-2-3-9(14-5-1-4-12)8(6-7)10(13)15/h2-3,6,14H,1,4-5,12H2,(H2,13,15). The molecule has 0 unspecified atom stereocenters. The van der Waals surface area contributed by atoms with Gasteiger partial charge in [-0.15, -0.1) is 0 Å². The zero-order chi connectivity index (χ0) is 11.3. The van der Waals surface area contributed by atoms with Crippen molar-refractivity contribution in [3.8, 4) is 0 Å². The van der Waals surface area contributed by atoms with Crippen molar-refractivity contribution in [2.24, 2.45) is 11.5 Å². The second-order valence-electron chi connectivity index (χ2n) is 3.12. The summed E-state index contributed by atoms with van der Waals surface area (Å²) in [6.45, 7) is 1.36. The fourth-order valence-electron chi connectivity index (χ4n) is 1.20. The maximum Gasteiger partial charge on any atom is 0.250 e. The van der Waals surface area contributed by atoms with Crippen LogP contribution in [0, 0.1) is 0 Å². The van der Waals surface area contributed by atoms with Crippen LogP contribution in [0.3, 0.4) is 0 Å². The molecule has 4 nitrogen and oxygen atoms in total. The van der Waals surface area contributed by atoms with Crippen molar-refractivity contribution in [1.82, 2.24) is 0 Å². The summed E-state index contributed by atoms with van der Waals surface area (Å²) in [5.41, 5.74) is 11.9. The molecule has 0 bridgehead atoms. The Morgan fingerprint density at radius 2 is 2.20 bits per heavy atom. The summed E-state index contributed by atoms with van der Waals surface area (Å²) in [4.78, 5) is 11.1. The Balaban J connectivity index is 2.81. The van der Waals surface area contributed by atoms with Crippen LogP contribution >= 0.6 is 15.9 Å². The van der Waals surface area contributed by atoms with Crippen LogP contribution < -0.4 is 16.8 Å². The molecule has 0 atom stereocenters. The molecule has 1 rings (SSSR count). The van der Waals surface area contributed by atoms with E-state index in [1.54, 1.807) is 6.07 Å². The topological polar surface area (TPSA) is 81.1 Å². The number of nitrogens with one attached hydrogen (secondary N) is 1. The summed E-state index contributed by atoms with van der Waals surface area (Å²) in [7, 11) is 0. The number of benzene rings is 1. The third-order valence-corrected chi connectivity index (χ3v) is 2.44. The lowest BCUT2D eigenvalue weighted by atomic mass is 10.1. The third kappa shape index (κ3) is 3.53. The minimum absolute atomic E-state index is 0.438. The smallest absolute Gasteiger partial charge is 0.250 e. The van der Waals surface area contributed by atoms with Crippen LogP contribution in [0.25, 0.3) is 0 Å². The van der Waals surface area contributed by atoms with Gasteiger partial charge in [-0.1, -0.05) is 15.9 Å². The number of anilines is 1. The van der Waals surface area contributed by atoms with E-state index >= 15 is 0 Å². The van der Waals surface area contributed by atoms with E-state index in [9.17, 15) is 4.79 Å². The lowest BCUT2D eigenvalue weighted by Gasteiger charge is -2.09. The summed E-state index contributed by atoms with van der Waals surface area (Å²) in [5, 5.41) is 3.12. The number of carbonyl (C=O) groups is 1. The molecule has 1 amide bonds. The average Bonchev–Trinajstić information content (AvgIpc) is 2.20. The largest absolute Gasteiger partial charge is 0.384 e. The van der Waals surface area contributed by atoms with Crippen molar-refractivity contribution in [2.75, 3.05) is 18.4 Å². The van der Waals surface area contributed by atoms with Gasteiger partial charge in [-0.25, -0.2) is 0 Å². The van der Waals surface area contributed by atoms with E-state index in [-0.39, 0.29) is 0 Å². The highest BCUT2D eigenvalue weighted by molar-refractivity contribution is 9.10. The summed E-state index contributed by atoms with van der Waals surface area (Å²) in [6.07, 6.45) is 0.855. The van der Waals surface area contributed by atoms with Crippen molar-refractivity contribution in [1.29, 1.82) is 0 Å². The molecular weight excluding hydrogens is 258 g/mol. The van der Waals surface area contributed by atoms with E-state index in [0.717, 1.165) is 23.1 Å². The predicted molar refractivity (Wildman–Crippen MR) is 64.8 cm³/mol. The van der Waals surface area contributed by atoms with E-state index in [1.165, 1.54) is 0 Å². The van der Waals surface area contributed by atoms with Gasteiger partial charge in [-0.05, 0) is 31.2 Å². The molecule has 5 heteroatoms. The molecule has 0 heterocycles. The SMILES string of the molecule is NCCCNc1ccc(Br)cc1C(N)=O. The number of halogens is 1. The first-order valence-corrected chi connectivity index (χ1v) is 5.47. The Kier molecular flexibility index (Phi) is 4.58. The Labute approximate surface area is 97.1 Å². The molecule has 0 aliphatic heterocycles. The number of hydrogen-bond donors (Lipinski definition) is 3. The Morgan fingerprint density at radius 3 is 2.80 bits per heavy atom. The minimum atomic E-state index is -0.438. The van der Waals surface area contributed by atoms with Gasteiger partial charge in [0.05, 0.1) is 5.56 Å². The van der Waals surface area contributed by atoms with Crippen LogP contribution in [0.15, 0.2) is 22.7 Å². The number of carbonyl (C=O) groups excluding carboxylic acids is 1. The molecule has 0 radical (unpaired) electrons. The Bertz CT molecular complexity index is 355. The van der Waals surface area contributed by atoms with Crippen molar-refractivity contribution >= 4 is 27.5 Å². The van der Waals surface area contributed by atoms with Crippen molar-refractivity contribution in [3.05, 3.63) is 28.2 Å². The van der Waals surface area contributed by atoms with Gasteiger partial charge in [0.25, 0.3) is 5.91 Å². The second kappa shape index (κ2) is 5.72. The van der Waals surface area contributed by atoms with E-state index < -0.39 is 5.91 Å². The van der Waals surface area contributed by atoms with E-state index in [0.29, 0.717) is 12.1 Å². The second-order valence-corrected chi connectivity index (χ2v) is 4.04. The summed E-state index contributed by atoms with van der Waals surface area (Å²) in [5.74, 6) is -0.438. The molecular formula is C10H14BrN3O. The first kappa shape index (κ1) is 12.0. The van der Waals surface area contributed by atoms with Crippen LogP contribution in [-0.4, -0.2) is 19.0 Å². The maximum atomic E-state index is 11.1. The third-order valence-electron chi connectivity index (χ3n) is 1.94. The van der Waals surface area contributed by atoms with Crippen LogP contribution in [0.5, 0.6) is 0 Å². The van der Waals surface area contributed by atoms with E-state index in [1.807, 2.05) is 12.1 Å². The molecule has 0 aromatic heterocycles. The highest BCUT2D eigenvalue weighted by atomic mass is 79.9. The van der Waals surface area contributed by atoms with Crippen LogP contribution in [0.4, 0.5) is 5.69 Å². The molecule has 5 N–H and O–H groups in total. The highest BCUT2D eigenvalue weighted by Gasteiger charge is 2.07. The number of primary amides is 1. The van der Waals surface area contributed by atoms with Crippen LogP contribution in [0.1, 0.15) is 16.8 Å². The highest BCUT2D eigenvalue weighted by Crippen LogP contribution is 2.20. The monoisotopic (exact) mass is 271 g/mol.